The molecular formula is C20H26F2N6O. The number of hydrogen-bond acceptors (Lipinski definition) is 5. The molecule has 1 N–H and O–H groups in total. The molecule has 7 nitrogen and oxygen atoms in total. The van der Waals surface area contributed by atoms with E-state index in [4.69, 9.17) is 4.98 Å². The first-order chi connectivity index (χ1) is 14.0. The first kappa shape index (κ1) is 19.8. The summed E-state index contributed by atoms with van der Waals surface area (Å²) in [6.07, 6.45) is 13.7. The Kier molecular flexibility index (Phi) is 5.75. The van der Waals surface area contributed by atoms with Gasteiger partial charge < -0.3 is 14.6 Å². The average molecular weight is 404 g/mol. The zero-order chi connectivity index (χ0) is 20.4. The molecule has 0 aromatic carbocycles. The van der Waals surface area contributed by atoms with Crippen LogP contribution in [0.5, 0.6) is 0 Å². The predicted octanol–water partition coefficient (Wildman–Crippen LogP) is 4.38. The van der Waals surface area contributed by atoms with Crippen molar-refractivity contribution >= 4 is 17.0 Å². The van der Waals surface area contributed by atoms with Gasteiger partial charge in [-0.25, -0.2) is 4.98 Å². The zero-order valence-electron chi connectivity index (χ0n) is 16.7. The molecule has 9 heteroatoms. The maximum absolute atomic E-state index is 12.3. The Labute approximate surface area is 168 Å². The molecule has 0 unspecified atom stereocenters. The molecule has 0 aliphatic heterocycles. The van der Waals surface area contributed by atoms with Crippen LogP contribution in [0.4, 0.5) is 14.7 Å². The third-order valence-electron chi connectivity index (χ3n) is 5.40. The second kappa shape index (κ2) is 8.44. The molecule has 0 bridgehead atoms. The topological polar surface area (TPSA) is 69.8 Å². The number of anilines is 1. The van der Waals surface area contributed by atoms with Gasteiger partial charge in [0.25, 0.3) is 0 Å². The monoisotopic (exact) mass is 404 g/mol. The van der Waals surface area contributed by atoms with Crippen LogP contribution in [0.15, 0.2) is 24.8 Å². The quantitative estimate of drug-likeness (QED) is 0.633. The maximum Gasteiger partial charge on any atom is 0.345 e. The van der Waals surface area contributed by atoms with Gasteiger partial charge in [0.05, 0.1) is 12.8 Å². The molecular weight excluding hydrogens is 378 g/mol. The van der Waals surface area contributed by atoms with Crippen LogP contribution in [0.3, 0.4) is 0 Å². The SMILES string of the molecule is C[C@@H](COC(F)F)Nc1ncc2c(-c3cnn(C)c3)cn(C3CCCCC3)c2n1. The lowest BCUT2D eigenvalue weighted by Gasteiger charge is -2.24. The van der Waals surface area contributed by atoms with Crippen LogP contribution in [0, 0.1) is 0 Å². The van der Waals surface area contributed by atoms with Crippen LogP contribution in [0.25, 0.3) is 22.2 Å². The van der Waals surface area contributed by atoms with Crippen molar-refractivity contribution in [2.24, 2.45) is 7.05 Å². The Morgan fingerprint density at radius 2 is 2.00 bits per heavy atom. The largest absolute Gasteiger partial charge is 0.349 e. The van der Waals surface area contributed by atoms with Crippen molar-refractivity contribution in [1.82, 2.24) is 24.3 Å². The van der Waals surface area contributed by atoms with Crippen LogP contribution >= 0.6 is 0 Å². The fraction of sp³-hybridized carbons (Fsp3) is 0.550. The third-order valence-corrected chi connectivity index (χ3v) is 5.40. The van der Waals surface area contributed by atoms with Gasteiger partial charge in [-0.1, -0.05) is 19.3 Å². The van der Waals surface area contributed by atoms with Crippen LogP contribution in [0.2, 0.25) is 0 Å². The maximum atomic E-state index is 12.3. The third kappa shape index (κ3) is 4.39. The zero-order valence-corrected chi connectivity index (χ0v) is 16.7. The van der Waals surface area contributed by atoms with Crippen molar-refractivity contribution < 1.29 is 13.5 Å². The molecule has 3 aromatic rings. The molecule has 0 amide bonds. The molecule has 3 heterocycles. The molecule has 1 aliphatic rings. The number of aromatic nitrogens is 5. The molecule has 0 spiro atoms. The normalized spacial score (nSPS) is 16.6. The number of nitrogens with one attached hydrogen (secondary N) is 1. The number of nitrogens with zero attached hydrogens (tertiary/aromatic N) is 5. The highest BCUT2D eigenvalue weighted by Gasteiger charge is 2.22. The molecule has 156 valence electrons. The smallest absolute Gasteiger partial charge is 0.345 e. The summed E-state index contributed by atoms with van der Waals surface area (Å²) in [5.41, 5.74) is 2.93. The van der Waals surface area contributed by atoms with E-state index in [1.165, 1.54) is 19.3 Å². The van der Waals surface area contributed by atoms with Crippen LogP contribution in [-0.4, -0.2) is 43.6 Å². The van der Waals surface area contributed by atoms with Gasteiger partial charge in [0.1, 0.15) is 5.65 Å². The first-order valence-electron chi connectivity index (χ1n) is 10.0. The summed E-state index contributed by atoms with van der Waals surface area (Å²) in [5, 5.41) is 8.32. The minimum absolute atomic E-state index is 0.121. The number of hydrogen-bond donors (Lipinski definition) is 1. The highest BCUT2D eigenvalue weighted by molar-refractivity contribution is 5.93. The molecule has 1 atom stereocenters. The summed E-state index contributed by atoms with van der Waals surface area (Å²) in [4.78, 5) is 9.16. The second-order valence-electron chi connectivity index (χ2n) is 7.71. The number of alkyl halides is 2. The standard InChI is InChI=1S/C20H26F2N6O/c1-13(12-29-19(21)22)25-20-23-9-16-17(14-8-24-27(2)10-14)11-28(18(16)26-20)15-6-4-3-5-7-15/h8-11,13,15,19H,3-7,12H2,1-2H3,(H,23,25,26)/t13-/m0/s1. The van der Waals surface area contributed by atoms with Crippen molar-refractivity contribution in [3.63, 3.8) is 0 Å². The number of fused-ring (bicyclic) bond motifs is 1. The minimum Gasteiger partial charge on any atom is -0.349 e. The van der Waals surface area contributed by atoms with Crippen molar-refractivity contribution in [3.05, 3.63) is 24.8 Å². The molecule has 4 rings (SSSR count). The molecule has 1 aliphatic carbocycles. The Hall–Kier alpha value is -2.55. The van der Waals surface area contributed by atoms with Crippen molar-refractivity contribution in [3.8, 4) is 11.1 Å². The minimum atomic E-state index is -2.78. The van der Waals surface area contributed by atoms with Gasteiger partial charge in [0, 0.05) is 54.2 Å². The van der Waals surface area contributed by atoms with E-state index >= 15 is 0 Å². The highest BCUT2D eigenvalue weighted by atomic mass is 19.3. The average Bonchev–Trinajstić information content (AvgIpc) is 3.30. The number of ether oxygens (including phenoxy) is 1. The summed E-state index contributed by atoms with van der Waals surface area (Å²) in [6, 6.07) is 0.0661. The van der Waals surface area contributed by atoms with E-state index in [9.17, 15) is 8.78 Å². The van der Waals surface area contributed by atoms with E-state index in [0.717, 1.165) is 35.0 Å². The van der Waals surface area contributed by atoms with Crippen LogP contribution in [-0.2, 0) is 11.8 Å². The Morgan fingerprint density at radius 3 is 2.69 bits per heavy atom. The number of halogens is 2. The van der Waals surface area contributed by atoms with Crippen LogP contribution < -0.4 is 5.32 Å². The summed E-state index contributed by atoms with van der Waals surface area (Å²) in [5.74, 6) is 0.413. The van der Waals surface area contributed by atoms with Gasteiger partial charge in [-0.3, -0.25) is 4.68 Å². The predicted molar refractivity (Wildman–Crippen MR) is 107 cm³/mol. The van der Waals surface area contributed by atoms with E-state index in [0.29, 0.717) is 12.0 Å². The molecule has 0 saturated heterocycles. The summed E-state index contributed by atoms with van der Waals surface area (Å²) in [7, 11) is 1.89. The molecule has 29 heavy (non-hydrogen) atoms. The molecule has 1 fully saturated rings. The van der Waals surface area contributed by atoms with Gasteiger partial charge in [0.2, 0.25) is 5.95 Å². The van der Waals surface area contributed by atoms with Gasteiger partial charge in [-0.05, 0) is 19.8 Å². The fourth-order valence-corrected chi connectivity index (χ4v) is 4.01. The van der Waals surface area contributed by atoms with E-state index in [2.05, 4.69) is 30.9 Å². The second-order valence-corrected chi connectivity index (χ2v) is 7.71. The molecule has 1 saturated carbocycles. The Morgan fingerprint density at radius 1 is 1.21 bits per heavy atom. The van der Waals surface area contributed by atoms with E-state index in [1.54, 1.807) is 17.8 Å². The first-order valence-corrected chi connectivity index (χ1v) is 10.0. The molecule has 3 aromatic heterocycles. The number of aryl methyl sites for hydroxylation is 1. The summed E-state index contributed by atoms with van der Waals surface area (Å²) in [6.45, 7) is -1.14. The van der Waals surface area contributed by atoms with E-state index < -0.39 is 6.61 Å². The number of rotatable bonds is 7. The lowest BCUT2D eigenvalue weighted by Crippen LogP contribution is -2.24. The van der Waals surface area contributed by atoms with Gasteiger partial charge in [0.15, 0.2) is 0 Å². The summed E-state index contributed by atoms with van der Waals surface area (Å²) < 4.78 is 33.0. The molecule has 0 radical (unpaired) electrons. The lowest BCUT2D eigenvalue weighted by molar-refractivity contribution is -0.130. The summed E-state index contributed by atoms with van der Waals surface area (Å²) >= 11 is 0. The van der Waals surface area contributed by atoms with E-state index in [1.807, 2.05) is 19.4 Å². The van der Waals surface area contributed by atoms with Crippen molar-refractivity contribution in [2.75, 3.05) is 11.9 Å². The fourth-order valence-electron chi connectivity index (χ4n) is 4.01. The van der Waals surface area contributed by atoms with Crippen LogP contribution in [0.1, 0.15) is 45.1 Å². The van der Waals surface area contributed by atoms with Crippen molar-refractivity contribution in [2.45, 2.75) is 57.7 Å². The van der Waals surface area contributed by atoms with Gasteiger partial charge in [-0.2, -0.15) is 18.9 Å². The Balaban J connectivity index is 1.69. The van der Waals surface area contributed by atoms with Crippen molar-refractivity contribution in [1.29, 1.82) is 0 Å². The highest BCUT2D eigenvalue weighted by Crippen LogP contribution is 2.36. The van der Waals surface area contributed by atoms with Gasteiger partial charge in [-0.15, -0.1) is 0 Å². The van der Waals surface area contributed by atoms with Gasteiger partial charge >= 0.3 is 6.61 Å². The lowest BCUT2D eigenvalue weighted by atomic mass is 9.95. The Bertz CT molecular complexity index is 963. The van der Waals surface area contributed by atoms with E-state index in [-0.39, 0.29) is 12.6 Å².